The Balaban J connectivity index is 2.18. The van der Waals surface area contributed by atoms with Gasteiger partial charge in [0.15, 0.2) is 4.77 Å². The average molecular weight is 300 g/mol. The first-order valence-corrected chi connectivity index (χ1v) is 6.84. The fourth-order valence-electron chi connectivity index (χ4n) is 2.23. The Morgan fingerprint density at radius 3 is 2.75 bits per heavy atom. The van der Waals surface area contributed by atoms with Gasteiger partial charge < -0.3 is 9.55 Å². The van der Waals surface area contributed by atoms with Crippen LogP contribution in [-0.2, 0) is 6.54 Å². The highest BCUT2D eigenvalue weighted by Gasteiger charge is 2.09. The molecule has 5 heteroatoms. The summed E-state index contributed by atoms with van der Waals surface area (Å²) in [5.74, 6) is 0. The number of benzene rings is 2. The van der Waals surface area contributed by atoms with Gasteiger partial charge in [-0.2, -0.15) is 5.26 Å². The number of nitriles is 1. The van der Waals surface area contributed by atoms with Crippen LogP contribution >= 0.6 is 23.8 Å². The second-order valence-corrected chi connectivity index (χ2v) is 5.21. The van der Waals surface area contributed by atoms with E-state index in [1.165, 1.54) is 0 Å². The summed E-state index contributed by atoms with van der Waals surface area (Å²) in [5.41, 5.74) is 3.26. The maximum Gasteiger partial charge on any atom is 0.178 e. The van der Waals surface area contributed by atoms with Crippen LogP contribution in [0.3, 0.4) is 0 Å². The molecule has 1 N–H and O–H groups in total. The summed E-state index contributed by atoms with van der Waals surface area (Å²) in [6.07, 6.45) is 0. The van der Waals surface area contributed by atoms with Crippen LogP contribution in [0.25, 0.3) is 11.0 Å². The summed E-state index contributed by atoms with van der Waals surface area (Å²) < 4.78 is 2.54. The van der Waals surface area contributed by atoms with Gasteiger partial charge in [-0.05, 0) is 36.0 Å². The maximum absolute atomic E-state index is 9.14. The Morgan fingerprint density at radius 1 is 1.20 bits per heavy atom. The van der Waals surface area contributed by atoms with E-state index < -0.39 is 0 Å². The van der Waals surface area contributed by atoms with Gasteiger partial charge in [-0.25, -0.2) is 0 Å². The third-order valence-corrected chi connectivity index (χ3v) is 3.91. The smallest absolute Gasteiger partial charge is 0.178 e. The summed E-state index contributed by atoms with van der Waals surface area (Å²) in [6, 6.07) is 15.4. The summed E-state index contributed by atoms with van der Waals surface area (Å²) in [6.45, 7) is 0.577. The van der Waals surface area contributed by atoms with E-state index in [1.54, 1.807) is 6.07 Å². The van der Waals surface area contributed by atoms with Gasteiger partial charge >= 0.3 is 0 Å². The van der Waals surface area contributed by atoms with Crippen molar-refractivity contribution in [2.75, 3.05) is 0 Å². The number of halogens is 1. The molecule has 3 aromatic rings. The van der Waals surface area contributed by atoms with Crippen molar-refractivity contribution in [1.29, 1.82) is 5.26 Å². The van der Waals surface area contributed by atoms with Gasteiger partial charge in [0.1, 0.15) is 6.07 Å². The number of H-pyrrole nitrogens is 1. The first kappa shape index (κ1) is 12.9. The largest absolute Gasteiger partial charge is 0.329 e. The molecule has 98 valence electrons. The Bertz CT molecular complexity index is 886. The second kappa shape index (κ2) is 5.12. The normalized spacial score (nSPS) is 10.6. The van der Waals surface area contributed by atoms with Gasteiger partial charge in [0.05, 0.1) is 23.1 Å². The lowest BCUT2D eigenvalue weighted by Gasteiger charge is -2.06. The van der Waals surface area contributed by atoms with E-state index >= 15 is 0 Å². The monoisotopic (exact) mass is 299 g/mol. The molecule has 0 aliphatic carbocycles. The molecule has 0 amide bonds. The number of aromatic amines is 1. The van der Waals surface area contributed by atoms with Crippen molar-refractivity contribution in [3.8, 4) is 6.07 Å². The zero-order valence-electron chi connectivity index (χ0n) is 10.4. The SMILES string of the molecule is N#Cc1cccc2c1[nH]c(=S)n2Cc1ccccc1Cl. The first-order chi connectivity index (χ1) is 9.70. The highest BCUT2D eigenvalue weighted by molar-refractivity contribution is 7.71. The van der Waals surface area contributed by atoms with Crippen LogP contribution < -0.4 is 0 Å². The number of hydrogen-bond acceptors (Lipinski definition) is 2. The number of fused-ring (bicyclic) bond motifs is 1. The third kappa shape index (κ3) is 2.11. The number of rotatable bonds is 2. The highest BCUT2D eigenvalue weighted by atomic mass is 35.5. The molecule has 3 rings (SSSR count). The van der Waals surface area contributed by atoms with Crippen LogP contribution in [0.15, 0.2) is 42.5 Å². The molecule has 20 heavy (non-hydrogen) atoms. The fraction of sp³-hybridized carbons (Fsp3) is 0.0667. The molecule has 0 aliphatic heterocycles. The van der Waals surface area contributed by atoms with E-state index in [-0.39, 0.29) is 0 Å². The van der Waals surface area contributed by atoms with Gasteiger partial charge in [-0.15, -0.1) is 0 Å². The zero-order valence-corrected chi connectivity index (χ0v) is 12.0. The maximum atomic E-state index is 9.14. The Hall–Kier alpha value is -2.09. The number of nitrogens with one attached hydrogen (secondary N) is 1. The molecule has 0 atom stereocenters. The van der Waals surface area contributed by atoms with Crippen molar-refractivity contribution < 1.29 is 0 Å². The predicted molar refractivity (Wildman–Crippen MR) is 82.4 cm³/mol. The lowest BCUT2D eigenvalue weighted by atomic mass is 10.2. The van der Waals surface area contributed by atoms with Crippen molar-refractivity contribution in [3.05, 3.63) is 63.4 Å². The molecular formula is C15H10ClN3S. The fourth-order valence-corrected chi connectivity index (χ4v) is 2.69. The van der Waals surface area contributed by atoms with Crippen molar-refractivity contribution in [2.45, 2.75) is 6.54 Å². The van der Waals surface area contributed by atoms with E-state index in [0.29, 0.717) is 21.9 Å². The van der Waals surface area contributed by atoms with Gasteiger partial charge in [0.25, 0.3) is 0 Å². The first-order valence-electron chi connectivity index (χ1n) is 6.06. The molecule has 0 radical (unpaired) electrons. The van der Waals surface area contributed by atoms with E-state index in [0.717, 1.165) is 16.6 Å². The van der Waals surface area contributed by atoms with Crippen molar-refractivity contribution >= 4 is 34.9 Å². The lowest BCUT2D eigenvalue weighted by Crippen LogP contribution is -2.00. The number of para-hydroxylation sites is 1. The lowest BCUT2D eigenvalue weighted by molar-refractivity contribution is 0.811. The summed E-state index contributed by atoms with van der Waals surface area (Å²) in [4.78, 5) is 3.10. The molecule has 0 unspecified atom stereocenters. The molecule has 0 saturated carbocycles. The molecule has 0 bridgehead atoms. The van der Waals surface area contributed by atoms with E-state index in [4.69, 9.17) is 29.1 Å². The quantitative estimate of drug-likeness (QED) is 0.718. The van der Waals surface area contributed by atoms with Crippen LogP contribution in [0.5, 0.6) is 0 Å². The standard InChI is InChI=1S/C15H10ClN3S/c16-12-6-2-1-4-11(12)9-19-13-7-3-5-10(8-17)14(13)18-15(19)20/h1-7H,9H2,(H,18,20). The Morgan fingerprint density at radius 2 is 2.00 bits per heavy atom. The number of hydrogen-bond donors (Lipinski definition) is 1. The third-order valence-electron chi connectivity index (χ3n) is 3.22. The molecular weight excluding hydrogens is 290 g/mol. The number of aromatic nitrogens is 2. The van der Waals surface area contributed by atoms with Crippen molar-refractivity contribution in [2.24, 2.45) is 0 Å². The summed E-state index contributed by atoms with van der Waals surface area (Å²) >= 11 is 11.6. The van der Waals surface area contributed by atoms with Gasteiger partial charge in [0.2, 0.25) is 0 Å². The van der Waals surface area contributed by atoms with Crippen LogP contribution in [0, 0.1) is 16.1 Å². The predicted octanol–water partition coefficient (Wildman–Crippen LogP) is 4.27. The van der Waals surface area contributed by atoms with Crippen molar-refractivity contribution in [1.82, 2.24) is 9.55 Å². The van der Waals surface area contributed by atoms with Gasteiger partial charge in [0, 0.05) is 5.02 Å². The minimum Gasteiger partial charge on any atom is -0.329 e. The minimum absolute atomic E-state index is 0.577. The molecule has 1 heterocycles. The highest BCUT2D eigenvalue weighted by Crippen LogP contribution is 2.22. The Kier molecular flexibility index (Phi) is 3.31. The van der Waals surface area contributed by atoms with E-state index in [1.807, 2.05) is 41.0 Å². The molecule has 2 aromatic carbocycles. The molecule has 0 saturated heterocycles. The molecule has 0 spiro atoms. The summed E-state index contributed by atoms with van der Waals surface area (Å²) in [7, 11) is 0. The number of nitrogens with zero attached hydrogens (tertiary/aromatic N) is 2. The van der Waals surface area contributed by atoms with Crippen LogP contribution in [-0.4, -0.2) is 9.55 Å². The van der Waals surface area contributed by atoms with Crippen molar-refractivity contribution in [3.63, 3.8) is 0 Å². The topological polar surface area (TPSA) is 44.5 Å². The molecule has 0 aliphatic rings. The van der Waals surface area contributed by atoms with Gasteiger partial charge in [-0.1, -0.05) is 35.9 Å². The van der Waals surface area contributed by atoms with Gasteiger partial charge in [-0.3, -0.25) is 0 Å². The molecule has 0 fully saturated rings. The van der Waals surface area contributed by atoms with E-state index in [9.17, 15) is 0 Å². The molecule has 3 nitrogen and oxygen atoms in total. The molecule has 1 aromatic heterocycles. The Labute approximate surface area is 126 Å². The van der Waals surface area contributed by atoms with E-state index in [2.05, 4.69) is 11.1 Å². The minimum atomic E-state index is 0.577. The summed E-state index contributed by atoms with van der Waals surface area (Å²) in [5, 5.41) is 9.84. The second-order valence-electron chi connectivity index (χ2n) is 4.42. The van der Waals surface area contributed by atoms with Crippen LogP contribution in [0.1, 0.15) is 11.1 Å². The number of imidazole rings is 1. The van der Waals surface area contributed by atoms with Crippen LogP contribution in [0.2, 0.25) is 5.02 Å². The zero-order chi connectivity index (χ0) is 14.1. The van der Waals surface area contributed by atoms with Crippen LogP contribution in [0.4, 0.5) is 0 Å². The average Bonchev–Trinajstić information content (AvgIpc) is 2.77.